The number of nitro groups is 2. The highest BCUT2D eigenvalue weighted by Crippen LogP contribution is 2.45. The molecule has 0 bridgehead atoms. The maximum atomic E-state index is 13.5. The molecule has 0 atom stereocenters. The molecule has 0 aliphatic carbocycles. The highest BCUT2D eigenvalue weighted by Gasteiger charge is 2.41. The third-order valence-corrected chi connectivity index (χ3v) is 5.43. The number of benzene rings is 1. The number of aromatic nitrogens is 3. The van der Waals surface area contributed by atoms with E-state index in [2.05, 4.69) is 10.3 Å². The van der Waals surface area contributed by atoms with Gasteiger partial charge in [0.25, 0.3) is 11.4 Å². The van der Waals surface area contributed by atoms with Crippen LogP contribution in [0, 0.1) is 34.1 Å². The molecule has 0 N–H and O–H groups in total. The topological polar surface area (TPSA) is 137 Å². The Kier molecular flexibility index (Phi) is 5.09. The summed E-state index contributed by atoms with van der Waals surface area (Å²) in [4.78, 5) is 37.9. The normalized spacial score (nSPS) is 13.9. The lowest BCUT2D eigenvalue weighted by atomic mass is 9.79. The minimum absolute atomic E-state index is 0.00571. The van der Waals surface area contributed by atoms with E-state index >= 15 is 0 Å². The maximum Gasteiger partial charge on any atom is 0.283 e. The fourth-order valence-electron chi connectivity index (χ4n) is 4.18. The Morgan fingerprint density at radius 1 is 1.03 bits per heavy atom. The van der Waals surface area contributed by atoms with Crippen molar-refractivity contribution in [1.29, 1.82) is 0 Å². The van der Waals surface area contributed by atoms with Crippen molar-refractivity contribution in [2.24, 2.45) is 0 Å². The molecule has 0 unspecified atom stereocenters. The molecule has 0 saturated heterocycles. The van der Waals surface area contributed by atoms with Crippen molar-refractivity contribution in [2.75, 3.05) is 18.5 Å². The molecule has 30 heavy (non-hydrogen) atoms. The first-order valence-corrected chi connectivity index (χ1v) is 9.53. The van der Waals surface area contributed by atoms with Gasteiger partial charge in [0.1, 0.15) is 5.56 Å². The van der Waals surface area contributed by atoms with E-state index in [0.29, 0.717) is 18.9 Å². The van der Waals surface area contributed by atoms with Crippen molar-refractivity contribution in [3.05, 3.63) is 48.2 Å². The minimum atomic E-state index is -0.878. The van der Waals surface area contributed by atoms with E-state index in [1.165, 1.54) is 13.8 Å². The molecule has 0 amide bonds. The summed E-state index contributed by atoms with van der Waals surface area (Å²) >= 11 is 0. The standard InChI is InChI=1S/C19H24N6O5/c1-10-12(17(26)14-18-22(6)8-7-9-23(18)21-20-14)11(2)16(25(29)30)13(19(3,4)5)15(10)24(27)28/h7-9H2,1-6H3. The Bertz CT molecular complexity index is 1040. The van der Waals surface area contributed by atoms with Gasteiger partial charge < -0.3 is 4.90 Å². The molecule has 1 aliphatic heterocycles. The molecule has 11 heteroatoms. The molecule has 1 aromatic carbocycles. The summed E-state index contributed by atoms with van der Waals surface area (Å²) in [5.74, 6) is -0.0955. The molecule has 2 aromatic rings. The van der Waals surface area contributed by atoms with Gasteiger partial charge in [-0.05, 0) is 20.3 Å². The lowest BCUT2D eigenvalue weighted by Gasteiger charge is -2.25. The van der Waals surface area contributed by atoms with Crippen molar-refractivity contribution in [3.8, 4) is 0 Å². The van der Waals surface area contributed by atoms with Gasteiger partial charge in [-0.1, -0.05) is 26.0 Å². The molecular formula is C19H24N6O5. The van der Waals surface area contributed by atoms with Gasteiger partial charge in [-0.2, -0.15) is 0 Å². The third-order valence-electron chi connectivity index (χ3n) is 5.43. The van der Waals surface area contributed by atoms with Crippen molar-refractivity contribution < 1.29 is 14.6 Å². The summed E-state index contributed by atoms with van der Waals surface area (Å²) in [6.07, 6.45) is 0.843. The van der Waals surface area contributed by atoms with Crippen LogP contribution < -0.4 is 4.90 Å². The summed E-state index contributed by atoms with van der Waals surface area (Å²) in [5.41, 5.74) is -1.52. The molecule has 0 spiro atoms. The fourth-order valence-corrected chi connectivity index (χ4v) is 4.18. The quantitative estimate of drug-likeness (QED) is 0.421. The predicted molar refractivity (Wildman–Crippen MR) is 109 cm³/mol. The monoisotopic (exact) mass is 416 g/mol. The predicted octanol–water partition coefficient (Wildman–Crippen LogP) is 3.08. The second-order valence-electron chi connectivity index (χ2n) is 8.55. The number of hydrogen-bond donors (Lipinski definition) is 0. The zero-order valence-corrected chi connectivity index (χ0v) is 17.8. The first-order chi connectivity index (χ1) is 13.9. The molecular weight excluding hydrogens is 392 g/mol. The van der Waals surface area contributed by atoms with Crippen molar-refractivity contribution in [3.63, 3.8) is 0 Å². The van der Waals surface area contributed by atoms with Crippen molar-refractivity contribution >= 4 is 23.0 Å². The zero-order valence-electron chi connectivity index (χ0n) is 17.8. The minimum Gasteiger partial charge on any atom is -0.358 e. The largest absolute Gasteiger partial charge is 0.358 e. The van der Waals surface area contributed by atoms with Crippen LogP contribution in [0.3, 0.4) is 0 Å². The Balaban J connectivity index is 2.37. The lowest BCUT2D eigenvalue weighted by molar-refractivity contribution is -0.397. The van der Waals surface area contributed by atoms with Crippen LogP contribution in [0.4, 0.5) is 17.2 Å². The van der Waals surface area contributed by atoms with E-state index in [1.54, 1.807) is 32.5 Å². The Morgan fingerprint density at radius 2 is 1.57 bits per heavy atom. The van der Waals surface area contributed by atoms with E-state index in [-0.39, 0.29) is 27.9 Å². The fraction of sp³-hybridized carbons (Fsp3) is 0.526. The first kappa shape index (κ1) is 21.3. The van der Waals surface area contributed by atoms with Crippen LogP contribution >= 0.6 is 0 Å². The van der Waals surface area contributed by atoms with E-state index in [0.717, 1.165) is 6.42 Å². The van der Waals surface area contributed by atoms with Crippen LogP contribution in [0.1, 0.15) is 59.9 Å². The Labute approximate surface area is 173 Å². The lowest BCUT2D eigenvalue weighted by Crippen LogP contribution is -2.30. The zero-order chi connectivity index (χ0) is 22.5. The van der Waals surface area contributed by atoms with E-state index in [9.17, 15) is 25.0 Å². The highest BCUT2D eigenvalue weighted by molar-refractivity contribution is 6.13. The number of hydrogen-bond acceptors (Lipinski definition) is 8. The van der Waals surface area contributed by atoms with Crippen molar-refractivity contribution in [1.82, 2.24) is 15.0 Å². The Morgan fingerprint density at radius 3 is 2.03 bits per heavy atom. The average molecular weight is 416 g/mol. The Hall–Kier alpha value is -3.37. The van der Waals surface area contributed by atoms with Gasteiger partial charge in [0.15, 0.2) is 11.5 Å². The average Bonchev–Trinajstić information content (AvgIpc) is 3.05. The van der Waals surface area contributed by atoms with Gasteiger partial charge >= 0.3 is 0 Å². The van der Waals surface area contributed by atoms with Crippen LogP contribution in [0.25, 0.3) is 0 Å². The highest BCUT2D eigenvalue weighted by atomic mass is 16.6. The maximum absolute atomic E-state index is 13.5. The number of carbonyl (C=O) groups is 1. The van der Waals surface area contributed by atoms with Crippen LogP contribution in [0.5, 0.6) is 0 Å². The summed E-state index contributed by atoms with van der Waals surface area (Å²) in [6.45, 7) is 9.23. The van der Waals surface area contributed by atoms with E-state index in [4.69, 9.17) is 0 Å². The number of rotatable bonds is 4. The third kappa shape index (κ3) is 3.19. The SMILES string of the molecule is Cc1c(C(=O)c2nnn3c2N(C)CCC3)c(C)c([N+](=O)[O-])c(C(C)(C)C)c1[N+](=O)[O-]. The van der Waals surface area contributed by atoms with Gasteiger partial charge in [-0.15, -0.1) is 5.10 Å². The first-order valence-electron chi connectivity index (χ1n) is 9.53. The molecule has 3 rings (SSSR count). The number of nitro benzene ring substituents is 2. The number of fused-ring (bicyclic) bond motifs is 1. The van der Waals surface area contributed by atoms with Crippen molar-refractivity contribution in [2.45, 2.75) is 53.0 Å². The van der Waals surface area contributed by atoms with Crippen LogP contribution in [0.2, 0.25) is 0 Å². The molecule has 160 valence electrons. The molecule has 11 nitrogen and oxygen atoms in total. The number of nitrogens with zero attached hydrogens (tertiary/aromatic N) is 6. The van der Waals surface area contributed by atoms with E-state index < -0.39 is 32.4 Å². The smallest absolute Gasteiger partial charge is 0.283 e. The van der Waals surface area contributed by atoms with Gasteiger partial charge in [-0.25, -0.2) is 4.68 Å². The van der Waals surface area contributed by atoms with E-state index in [1.807, 2.05) is 4.90 Å². The molecule has 1 aromatic heterocycles. The number of carbonyl (C=O) groups excluding carboxylic acids is 1. The van der Waals surface area contributed by atoms with Crippen LogP contribution in [-0.2, 0) is 12.0 Å². The van der Waals surface area contributed by atoms with Crippen LogP contribution in [0.15, 0.2) is 0 Å². The van der Waals surface area contributed by atoms with Gasteiger partial charge in [0.05, 0.1) is 9.85 Å². The van der Waals surface area contributed by atoms with Crippen LogP contribution in [-0.4, -0.2) is 44.2 Å². The summed E-state index contributed by atoms with van der Waals surface area (Å²) < 4.78 is 1.60. The van der Waals surface area contributed by atoms with Gasteiger partial charge in [0, 0.05) is 42.2 Å². The van der Waals surface area contributed by atoms with Gasteiger partial charge in [-0.3, -0.25) is 25.0 Å². The molecule has 0 radical (unpaired) electrons. The molecule has 0 fully saturated rings. The number of anilines is 1. The molecule has 0 saturated carbocycles. The molecule has 2 heterocycles. The second kappa shape index (κ2) is 7.15. The summed E-state index contributed by atoms with van der Waals surface area (Å²) in [6, 6.07) is 0. The number of aryl methyl sites for hydroxylation is 1. The summed E-state index contributed by atoms with van der Waals surface area (Å²) in [7, 11) is 1.80. The second-order valence-corrected chi connectivity index (χ2v) is 8.55. The van der Waals surface area contributed by atoms with Gasteiger partial charge in [0.2, 0.25) is 5.78 Å². The summed E-state index contributed by atoms with van der Waals surface area (Å²) in [5, 5.41) is 31.9. The molecule has 1 aliphatic rings. The number of ketones is 1.